The molecule has 6 aliphatic rings. The number of hydrogen-bond acceptors (Lipinski definition) is 49. The third-order valence-corrected chi connectivity index (χ3v) is 29.9. The molecule has 16 N–H and O–H groups in total. The average molecular weight is 2190 g/mol. The molecule has 67 heteroatoms. The molecule has 28 atom stereocenters. The summed E-state index contributed by atoms with van der Waals surface area (Å²) in [5.41, 5.74) is 18.6. The van der Waals surface area contributed by atoms with E-state index in [2.05, 4.69) is 39.9 Å². The predicted molar refractivity (Wildman–Crippen MR) is 501 cm³/mol. The Kier molecular flexibility index (Phi) is 38.8. The molecule has 7 aromatic heterocycles. The molecule has 0 radical (unpaired) electrons. The number of methoxy groups -OCH3 is 5. The van der Waals surface area contributed by atoms with Crippen LogP contribution in [-0.2, 0) is 166 Å². The quantitative estimate of drug-likeness (QED) is 0.0147. The summed E-state index contributed by atoms with van der Waals surface area (Å²) in [6, 6.07) is 0. The highest BCUT2D eigenvalue weighted by molar-refractivity contribution is 8.07. The van der Waals surface area contributed by atoms with Crippen molar-refractivity contribution in [2.75, 3.05) is 158 Å². The van der Waals surface area contributed by atoms with Gasteiger partial charge in [0, 0.05) is 101 Å². The maximum absolute atomic E-state index is 15.4. The van der Waals surface area contributed by atoms with Crippen LogP contribution in [0.3, 0.4) is 0 Å². The number of aliphatic hydroxyl groups is 1. The number of fused-ring (bicyclic) bond motifs is 1. The number of ether oxygens (including phenoxy) is 16. The second-order valence-electron chi connectivity index (χ2n) is 33.0. The smallest absolute Gasteiger partial charge is 0.387 e. The minimum Gasteiger partial charge on any atom is -0.387 e. The molecule has 0 saturated carbocycles. The molecule has 13 rings (SSSR count). The normalized spacial score (nSPS) is 29.4. The third-order valence-electron chi connectivity index (χ3n) is 23.2. The van der Waals surface area contributed by atoms with Crippen LogP contribution in [0.4, 0.5) is 23.3 Å². The third kappa shape index (κ3) is 27.6. The Morgan fingerprint density at radius 2 is 0.720 bits per heavy atom. The van der Waals surface area contributed by atoms with Gasteiger partial charge in [-0.25, -0.2) is 48.1 Å². The van der Waals surface area contributed by atoms with Gasteiger partial charge in [-0.2, -0.15) is 15.0 Å². The van der Waals surface area contributed by atoms with Gasteiger partial charge in [-0.15, -0.1) is 0 Å². The maximum atomic E-state index is 15.4. The second-order valence-corrected chi connectivity index (χ2v) is 44.2. The summed E-state index contributed by atoms with van der Waals surface area (Å²) in [7, 11) is -5.13. The lowest BCUT2D eigenvalue weighted by Crippen LogP contribution is -2.42. The first-order valence-corrected chi connectivity index (χ1v) is 54.6. The van der Waals surface area contributed by atoms with Crippen molar-refractivity contribution >= 4 is 106 Å². The van der Waals surface area contributed by atoms with Crippen molar-refractivity contribution in [3.8, 4) is 0 Å². The van der Waals surface area contributed by atoms with Gasteiger partial charge in [0.05, 0.1) is 118 Å². The molecule has 59 nitrogen and oxygen atoms in total. The number of phosphoric acid groups is 2. The van der Waals surface area contributed by atoms with E-state index in [9.17, 15) is 63.1 Å². The monoisotopic (exact) mass is 2180 g/mol. The highest BCUT2D eigenvalue weighted by Crippen LogP contribution is 2.58. The van der Waals surface area contributed by atoms with Gasteiger partial charge < -0.3 is 146 Å². The second kappa shape index (κ2) is 49.1. The van der Waals surface area contributed by atoms with Crippen molar-refractivity contribution in [3.63, 3.8) is 0 Å². The van der Waals surface area contributed by atoms with Gasteiger partial charge >= 0.3 is 64.2 Å². The zero-order valence-corrected chi connectivity index (χ0v) is 85.4. The van der Waals surface area contributed by atoms with Crippen LogP contribution in [0.2, 0.25) is 0 Å². The topological polar surface area (TPSA) is 758 Å². The van der Waals surface area contributed by atoms with E-state index < -0.39 is 263 Å². The van der Waals surface area contributed by atoms with E-state index in [1.807, 2.05) is 0 Å². The molecule has 143 heavy (non-hydrogen) atoms. The van der Waals surface area contributed by atoms with E-state index in [4.69, 9.17) is 179 Å². The van der Waals surface area contributed by atoms with Crippen molar-refractivity contribution < 1.29 is 160 Å². The Hall–Kier alpha value is -7.12. The van der Waals surface area contributed by atoms with Gasteiger partial charge in [-0.05, 0) is 76.5 Å². The number of anilines is 4. The van der Waals surface area contributed by atoms with Crippen molar-refractivity contribution in [1.82, 2.24) is 67.3 Å². The fourth-order valence-corrected chi connectivity index (χ4v) is 22.4. The van der Waals surface area contributed by atoms with Crippen LogP contribution in [0.15, 0.2) is 77.2 Å². The molecule has 0 aliphatic carbocycles. The lowest BCUT2D eigenvalue weighted by Gasteiger charge is -2.30. The first kappa shape index (κ1) is 113. The summed E-state index contributed by atoms with van der Waals surface area (Å²) >= 11 is 17.1. The lowest BCUT2D eigenvalue weighted by molar-refractivity contribution is -0.0853. The van der Waals surface area contributed by atoms with Crippen molar-refractivity contribution in [2.45, 2.75) is 196 Å². The Morgan fingerprint density at radius 3 is 1.12 bits per heavy atom. The summed E-state index contributed by atoms with van der Waals surface area (Å²) in [5, 5.41) is 11.8. The fourth-order valence-electron chi connectivity index (χ4n) is 16.1. The number of phosphoric ester groups is 2. The maximum Gasteiger partial charge on any atom is 0.472 e. The number of aryl methyl sites for hydroxylation is 5. The molecule has 0 spiro atoms. The first-order chi connectivity index (χ1) is 67.8. The SMILES string of the molecule is CC[C@H]1O[C@@H](n2cc(C)c(N)nc2=O)CC1OP(O)(=S)OC[C@H]1O[C@@H](n2cc(C)c(=O)[nH]c2=O)[C@@H](OCCOC)C1OP(=O)(O)OC[C@H]1O[C@@H](n2cc(C)c(N)nc2=O)[C@@H](OCCOC)C1OP(=O)(O)OC[C@H]1O[C@@H](n2cc(C)c(=O)[nH]c2=O)[C@@H](OCCOC)C1OP(O)(=S)OC[C@H]1O[C@@H](n2cnc3c(N)ncnc32)[C@@H](OCCOC)C1OP(O)(=S)OC[C@H]1O[C@@H](n2cc(C)c(N)nc2=O)[C@@H](OCCOC)C1O. The summed E-state index contributed by atoms with van der Waals surface area (Å²) in [5.74, 6) is -0.416. The Labute approximate surface area is 826 Å². The number of nitrogens with two attached hydrogens (primary N) is 4. The number of nitrogen functional groups attached to an aromatic ring is 4. The van der Waals surface area contributed by atoms with Crippen LogP contribution in [-0.4, -0.2) is 335 Å². The standard InChI is InChI=1S/C76H113N18O41P5S3/c1-12-41-42(23-48(125-41)89-24-36(2)60(77)84-72(89)98)131-138(107,141)123-32-46-52(57(117-20-15-112-9)69(129-46)92-27-39(5)65(96)87-75(92)101)133-136(103,104)120-30-44-51(56(116-19-14-111-8)68(127-44)91-26-38(4)62(79)86-74(91)100)132-137(105,106)121-31-45-53(58(118-21-16-113-10)70(128-45)93-28-40(6)66(97)88-76(93)102)134-140(109,143)124-33-47-54(59(119-22-17-114-11)71(130-47)94-35-83-49-63(80)81-34-82-64(49)94)135-139(108,142)122-29-43-50(95)55(115-18-13-110-7)67(126-43)90-25-37(3)61(78)85-73(90)99/h24-28,34-35,41-48,50-59,67-71,95H,12-23,29-33H2,1-11H3,(H,103,104)(H,105,106)(H,107,141)(H,108,142)(H,109,143)(H2,77,84,98)(H2,78,85,99)(H2,79,86,100)(H2,80,81,82)(H,87,96,101)(H,88,97,102)/t41-,42?,43-,44-,45-,46-,47-,48-,50?,51?,52?,53?,54?,55+,56+,57+,58+,59+,67-,68-,69-,70-,71-,138?,139?,140?/m1/s1. The minimum atomic E-state index is -5.96. The number of nitrogens with zero attached hydrogens (tertiary/aromatic N) is 12. The molecule has 7 aromatic rings. The van der Waals surface area contributed by atoms with Gasteiger partial charge in [-0.1, -0.05) is 6.92 Å². The highest BCUT2D eigenvalue weighted by Gasteiger charge is 2.59. The number of rotatable bonds is 52. The van der Waals surface area contributed by atoms with Gasteiger partial charge in [0.15, 0.2) is 42.6 Å². The number of hydrogen-bond donors (Lipinski definition) is 12. The molecule has 6 fully saturated rings. The van der Waals surface area contributed by atoms with Gasteiger partial charge in [0.25, 0.3) is 11.1 Å². The summed E-state index contributed by atoms with van der Waals surface area (Å²) < 4.78 is 193. The molecule has 11 unspecified atom stereocenters. The molecule has 0 aromatic carbocycles. The molecule has 0 amide bonds. The number of aromatic nitrogens is 14. The van der Waals surface area contributed by atoms with Crippen LogP contribution in [0.25, 0.3) is 11.2 Å². The molecular formula is C76H113N18O41P5S3. The highest BCUT2D eigenvalue weighted by atomic mass is 32.5. The van der Waals surface area contributed by atoms with Gasteiger partial charge in [0.1, 0.15) is 127 Å². The summed E-state index contributed by atoms with van der Waals surface area (Å²) in [6.45, 7) is -12.6. The number of imidazole rings is 1. The fraction of sp³-hybridized carbons (Fsp3) is 0.671. The summed E-state index contributed by atoms with van der Waals surface area (Å²) in [4.78, 5) is 185. The van der Waals surface area contributed by atoms with Crippen LogP contribution in [0, 0.1) is 34.6 Å². The van der Waals surface area contributed by atoms with E-state index in [0.29, 0.717) is 11.1 Å². The van der Waals surface area contributed by atoms with Crippen molar-refractivity contribution in [2.24, 2.45) is 0 Å². The molecular weight excluding hydrogens is 2070 g/mol. The number of aliphatic hydroxyl groups excluding tert-OH is 1. The zero-order chi connectivity index (χ0) is 104. The lowest BCUT2D eigenvalue weighted by atomic mass is 10.1. The van der Waals surface area contributed by atoms with Gasteiger partial charge in [0.2, 0.25) is 0 Å². The summed E-state index contributed by atoms with van der Waals surface area (Å²) in [6.07, 6.45) is -28.7. The van der Waals surface area contributed by atoms with E-state index in [0.717, 1.165) is 37.0 Å². The Bertz CT molecular complexity index is 6290. The van der Waals surface area contributed by atoms with Crippen LogP contribution in [0.1, 0.15) is 85.0 Å². The van der Waals surface area contributed by atoms with Crippen molar-refractivity contribution in [1.29, 1.82) is 0 Å². The molecule has 0 bridgehead atoms. The minimum absolute atomic E-state index is 0.0169. The van der Waals surface area contributed by atoms with Crippen LogP contribution < -0.4 is 62.5 Å². The number of aromatic amines is 2. The molecule has 6 saturated heterocycles. The van der Waals surface area contributed by atoms with Crippen molar-refractivity contribution in [3.05, 3.63) is 145 Å². The number of H-pyrrole nitrogens is 2. The van der Waals surface area contributed by atoms with Gasteiger partial charge in [-0.3, -0.25) is 74.1 Å². The van der Waals surface area contributed by atoms with E-state index >= 15 is 9.13 Å². The largest absolute Gasteiger partial charge is 0.472 e. The average Bonchev–Trinajstić information content (AvgIpc) is 1.62. The Morgan fingerprint density at radius 1 is 0.392 bits per heavy atom. The molecule has 6 aliphatic heterocycles. The zero-order valence-electron chi connectivity index (χ0n) is 78.5. The molecule has 796 valence electrons. The van der Waals surface area contributed by atoms with E-state index in [1.54, 1.807) is 20.8 Å². The number of nitrogens with one attached hydrogen (secondary N) is 2. The van der Waals surface area contributed by atoms with E-state index in [1.165, 1.54) is 90.4 Å². The predicted octanol–water partition coefficient (Wildman–Crippen LogP) is -1.87. The van der Waals surface area contributed by atoms with E-state index in [-0.39, 0.29) is 117 Å². The Balaban J connectivity index is 0.797. The molecule has 13 heterocycles. The van der Waals surface area contributed by atoms with Crippen LogP contribution >= 0.6 is 35.8 Å². The first-order valence-electron chi connectivity index (χ1n) is 43.9. The van der Waals surface area contributed by atoms with Crippen LogP contribution in [0.5, 0.6) is 0 Å².